The molecule has 2 aromatic rings. The number of nitrogens with zero attached hydrogens (tertiary/aromatic N) is 4. The molecule has 1 aromatic heterocycles. The first-order chi connectivity index (χ1) is 17.4. The van der Waals surface area contributed by atoms with Crippen molar-refractivity contribution in [2.75, 3.05) is 11.9 Å². The third kappa shape index (κ3) is 2.37. The monoisotopic (exact) mass is 521 g/mol. The highest BCUT2D eigenvalue weighted by atomic mass is 32.2. The number of carboxylic acids is 1. The van der Waals surface area contributed by atoms with Gasteiger partial charge in [0.1, 0.15) is 12.2 Å². The number of thioether (sulfide) groups is 2. The summed E-state index contributed by atoms with van der Waals surface area (Å²) < 4.78 is 2.22. The molecule has 0 saturated carbocycles. The van der Waals surface area contributed by atoms with E-state index < -0.39 is 23.5 Å². The lowest BCUT2D eigenvalue weighted by atomic mass is 9.64. The summed E-state index contributed by atoms with van der Waals surface area (Å²) in [4.78, 5) is 39.6. The molecular weight excluding hydrogens is 500 g/mol. The predicted molar refractivity (Wildman–Crippen MR) is 133 cm³/mol. The van der Waals surface area contributed by atoms with Crippen molar-refractivity contribution >= 4 is 58.4 Å². The average Bonchev–Trinajstić information content (AvgIpc) is 3.54. The smallest absolute Gasteiger partial charge is 0.362 e. The number of imidazole rings is 1. The zero-order chi connectivity index (χ0) is 24.5. The van der Waals surface area contributed by atoms with E-state index in [2.05, 4.69) is 30.6 Å². The highest BCUT2D eigenvalue weighted by molar-refractivity contribution is 8.04. The molecule has 182 valence electrons. The Balaban J connectivity index is 1.38. The van der Waals surface area contributed by atoms with Gasteiger partial charge in [0.2, 0.25) is 17.2 Å². The number of fused-ring (bicyclic) bond motifs is 3. The van der Waals surface area contributed by atoms with Crippen molar-refractivity contribution in [1.82, 2.24) is 14.5 Å². The third-order valence-electron chi connectivity index (χ3n) is 8.31. The summed E-state index contributed by atoms with van der Waals surface area (Å²) >= 11 is 3.19. The molecule has 36 heavy (non-hydrogen) atoms. The number of hydrogen-bond donors (Lipinski definition) is 4. The topological polar surface area (TPSA) is 157 Å². The number of allylic oxidation sites excluding steroid dienone is 1. The van der Waals surface area contributed by atoms with Crippen molar-refractivity contribution in [2.45, 2.75) is 52.4 Å². The van der Waals surface area contributed by atoms with E-state index in [0.717, 1.165) is 45.1 Å². The number of quaternary nitrogens is 1. The largest absolute Gasteiger partial charge is 0.504 e. The Kier molecular flexibility index (Phi) is 3.98. The molecule has 1 saturated heterocycles. The van der Waals surface area contributed by atoms with E-state index in [1.807, 2.05) is 12.3 Å². The predicted octanol–water partition coefficient (Wildman–Crippen LogP) is -1.12. The van der Waals surface area contributed by atoms with Crippen LogP contribution < -0.4 is 31.2 Å². The van der Waals surface area contributed by atoms with Crippen LogP contribution in [0.15, 0.2) is 27.3 Å². The van der Waals surface area contributed by atoms with Crippen molar-refractivity contribution in [3.8, 4) is 5.75 Å². The number of aliphatic carboxylic acids is 1. The van der Waals surface area contributed by atoms with E-state index in [0.29, 0.717) is 23.0 Å². The molecule has 12 heteroatoms. The molecular formula is C24H21N6O4S2+. The minimum Gasteiger partial charge on any atom is -0.504 e. The number of carbonyl (C=O) groups excluding carboxylic acids is 1. The van der Waals surface area contributed by atoms with Gasteiger partial charge in [-0.3, -0.25) is 9.79 Å². The normalized spacial score (nSPS) is 30.4. The summed E-state index contributed by atoms with van der Waals surface area (Å²) in [5, 5.41) is 26.8. The maximum absolute atomic E-state index is 13.7. The van der Waals surface area contributed by atoms with Gasteiger partial charge in [0.05, 0.1) is 32.5 Å². The lowest BCUT2D eigenvalue weighted by molar-refractivity contribution is -0.407. The van der Waals surface area contributed by atoms with Gasteiger partial charge in [0, 0.05) is 24.0 Å². The van der Waals surface area contributed by atoms with Crippen LogP contribution in [0.2, 0.25) is 0 Å². The standard InChI is InChI=1S/C24H20N6O4S2/c25-9(23(33)34)3-10-22(28-7-27-10)36-21-18-11(31)4-12-24(21)5-13(35-12)29-17-15(24)19-14-8(1-2-30(18)19)6-26-16(14)20(17)32/h4,6-7,9,13,18,21H,1-3,5,25H2,(H3,26,27,28,29,32,33,34)/p+1/t9-,13-,18+,21?,24-/m0/s1. The molecule has 5 atom stereocenters. The maximum atomic E-state index is 13.7. The summed E-state index contributed by atoms with van der Waals surface area (Å²) in [5.74, 6) is -0.730. The fourth-order valence-electron chi connectivity index (χ4n) is 6.83. The Morgan fingerprint density at radius 2 is 2.33 bits per heavy atom. The number of anilines is 1. The molecule has 6 N–H and O–H groups in total. The molecule has 6 heterocycles. The zero-order valence-corrected chi connectivity index (χ0v) is 20.5. The number of aliphatic imine (C=N–C) groups is 1. The summed E-state index contributed by atoms with van der Waals surface area (Å²) in [6.45, 7) is 0.688. The molecule has 3 bridgehead atoms. The minimum absolute atomic E-state index is 0.0278. The molecule has 6 aliphatic rings. The van der Waals surface area contributed by atoms with Gasteiger partial charge in [-0.25, -0.2) is 9.37 Å². The molecule has 1 aromatic carbocycles. The number of carboxylic acid groups (broad SMARTS) is 1. The van der Waals surface area contributed by atoms with Gasteiger partial charge in [-0.2, -0.15) is 0 Å². The van der Waals surface area contributed by atoms with Crippen LogP contribution in [0.4, 0.5) is 11.4 Å². The molecule has 0 radical (unpaired) electrons. The highest BCUT2D eigenvalue weighted by Crippen LogP contribution is 2.65. The van der Waals surface area contributed by atoms with E-state index in [-0.39, 0.29) is 28.6 Å². The Labute approximate surface area is 212 Å². The van der Waals surface area contributed by atoms with Crippen LogP contribution in [0.25, 0.3) is 5.57 Å². The number of phenols is 1. The van der Waals surface area contributed by atoms with E-state index in [9.17, 15) is 19.8 Å². The van der Waals surface area contributed by atoms with Gasteiger partial charge in [0.25, 0.3) is 0 Å². The second kappa shape index (κ2) is 6.81. The number of phenolic OH excluding ortho intramolecular Hbond substituents is 1. The fraction of sp³-hybridized carbons (Fsp3) is 0.375. The molecule has 1 unspecified atom stereocenters. The van der Waals surface area contributed by atoms with Crippen molar-refractivity contribution in [2.24, 2.45) is 4.99 Å². The summed E-state index contributed by atoms with van der Waals surface area (Å²) in [5.41, 5.74) is 7.35. The van der Waals surface area contributed by atoms with Gasteiger partial charge < -0.3 is 31.2 Å². The Bertz CT molecular complexity index is 1640. The van der Waals surface area contributed by atoms with Crippen LogP contribution in [0.3, 0.4) is 0 Å². The number of hydrogen-bond acceptors (Lipinski definition) is 8. The highest BCUT2D eigenvalue weighted by Gasteiger charge is 2.67. The van der Waals surface area contributed by atoms with Crippen LogP contribution >= 0.6 is 23.5 Å². The summed E-state index contributed by atoms with van der Waals surface area (Å²) in [6, 6.07) is -1.23. The molecule has 1 fully saturated rings. The molecule has 0 amide bonds. The summed E-state index contributed by atoms with van der Waals surface area (Å²) in [6.07, 6.45) is 6.85. The van der Waals surface area contributed by atoms with Crippen molar-refractivity contribution in [3.63, 3.8) is 0 Å². The van der Waals surface area contributed by atoms with Crippen molar-refractivity contribution in [3.05, 3.63) is 39.1 Å². The lowest BCUT2D eigenvalue weighted by Crippen LogP contribution is -2.69. The number of ketones is 1. The Morgan fingerprint density at radius 3 is 3.17 bits per heavy atom. The van der Waals surface area contributed by atoms with Gasteiger partial charge in [-0.05, 0) is 28.8 Å². The van der Waals surface area contributed by atoms with E-state index in [1.165, 1.54) is 18.1 Å². The van der Waals surface area contributed by atoms with Crippen LogP contribution in [-0.2, 0) is 21.4 Å². The van der Waals surface area contributed by atoms with Crippen LogP contribution in [0.1, 0.15) is 24.1 Å². The second-order valence-corrected chi connectivity index (χ2v) is 12.5. The average molecular weight is 522 g/mol. The summed E-state index contributed by atoms with van der Waals surface area (Å²) in [7, 11) is 0. The zero-order valence-electron chi connectivity index (χ0n) is 18.9. The number of aromatic hydroxyl groups is 1. The van der Waals surface area contributed by atoms with Crippen molar-refractivity contribution in [1.29, 1.82) is 0 Å². The van der Waals surface area contributed by atoms with E-state index in [1.54, 1.807) is 11.8 Å². The third-order valence-corrected chi connectivity index (χ3v) is 11.1. The van der Waals surface area contributed by atoms with E-state index >= 15 is 0 Å². The second-order valence-electron chi connectivity index (χ2n) is 10.1. The quantitative estimate of drug-likeness (QED) is 0.283. The SMILES string of the molecule is [NH3+][C@@H](Cc1nc[n-]c1SC1[C@H]2C(=O)C=C3S[C@H]4C[C@@]31c1c(c(O)c3c5c1=[N+]2CCC=5C=N3)N4)C(=O)O. The Hall–Kier alpha value is -3.09. The molecule has 10 nitrogen and oxygen atoms in total. The fourth-order valence-corrected chi connectivity index (χ4v) is 10.0. The van der Waals surface area contributed by atoms with Gasteiger partial charge >= 0.3 is 5.97 Å². The lowest BCUT2D eigenvalue weighted by Gasteiger charge is -2.47. The first-order valence-corrected chi connectivity index (χ1v) is 13.6. The van der Waals surface area contributed by atoms with Gasteiger partial charge in [0.15, 0.2) is 11.8 Å². The van der Waals surface area contributed by atoms with E-state index in [4.69, 9.17) is 0 Å². The van der Waals surface area contributed by atoms with Crippen LogP contribution in [0, 0.1) is 0 Å². The van der Waals surface area contributed by atoms with Crippen molar-refractivity contribution < 1.29 is 25.5 Å². The van der Waals surface area contributed by atoms with Crippen LogP contribution in [0.5, 0.6) is 5.75 Å². The molecule has 8 rings (SSSR count). The maximum Gasteiger partial charge on any atom is 0.362 e. The van der Waals surface area contributed by atoms with Crippen LogP contribution in [-0.4, -0.2) is 62.4 Å². The molecule has 1 spiro atoms. The number of benzene rings is 1. The molecule has 5 aliphatic heterocycles. The minimum atomic E-state index is -0.983. The molecule has 1 aliphatic carbocycles. The first kappa shape index (κ1) is 21.0. The first-order valence-electron chi connectivity index (χ1n) is 11.9. The Morgan fingerprint density at radius 1 is 1.47 bits per heavy atom. The number of rotatable bonds is 5. The van der Waals surface area contributed by atoms with Gasteiger partial charge in [-0.1, -0.05) is 6.33 Å². The number of carbonyl (C=O) groups is 2. The van der Waals surface area contributed by atoms with Gasteiger partial charge in [-0.15, -0.1) is 23.5 Å². The number of aromatic nitrogens is 2. The number of nitrogens with one attached hydrogen (secondary N) is 1.